The third-order valence-corrected chi connectivity index (χ3v) is 4.41. The number of carbonyl (C=O) groups is 1. The summed E-state index contributed by atoms with van der Waals surface area (Å²) in [4.78, 5) is 13.8. The number of hydrogen-bond acceptors (Lipinski definition) is 3. The molecular weight excluding hydrogens is 242 g/mol. The molecule has 0 spiro atoms. The topological polar surface area (TPSA) is 49.8 Å². The van der Waals surface area contributed by atoms with Crippen LogP contribution in [-0.4, -0.2) is 40.4 Å². The maximum atomic E-state index is 12.1. The van der Waals surface area contributed by atoms with Crippen LogP contribution in [0, 0.1) is 5.41 Å². The van der Waals surface area contributed by atoms with E-state index in [0.29, 0.717) is 6.42 Å². The minimum absolute atomic E-state index is 0.0920. The van der Waals surface area contributed by atoms with Crippen molar-refractivity contribution < 1.29 is 14.6 Å². The van der Waals surface area contributed by atoms with Gasteiger partial charge < -0.3 is 14.7 Å². The molecule has 0 aliphatic heterocycles. The molecule has 0 bridgehead atoms. The van der Waals surface area contributed by atoms with Crippen LogP contribution in [0.4, 0.5) is 4.79 Å². The molecule has 0 heterocycles. The summed E-state index contributed by atoms with van der Waals surface area (Å²) in [7, 11) is 0. The number of rotatable bonds is 4. The third-order valence-electron chi connectivity index (χ3n) is 4.41. The van der Waals surface area contributed by atoms with Gasteiger partial charge in [0.2, 0.25) is 0 Å². The fraction of sp³-hybridized carbons (Fsp3) is 0.933. The summed E-state index contributed by atoms with van der Waals surface area (Å²) in [5.41, 5.74) is -1.07. The van der Waals surface area contributed by atoms with Crippen LogP contribution in [0.5, 0.6) is 0 Å². The molecule has 1 atom stereocenters. The van der Waals surface area contributed by atoms with E-state index in [1.165, 1.54) is 0 Å². The van der Waals surface area contributed by atoms with E-state index < -0.39 is 5.60 Å². The third kappa shape index (κ3) is 3.41. The van der Waals surface area contributed by atoms with Crippen molar-refractivity contribution in [2.75, 3.05) is 6.61 Å². The molecule has 0 aromatic heterocycles. The molecule has 0 aromatic carbocycles. The Morgan fingerprint density at radius 2 is 1.74 bits per heavy atom. The van der Waals surface area contributed by atoms with Crippen molar-refractivity contribution in [2.45, 2.75) is 78.5 Å². The van der Waals surface area contributed by atoms with E-state index in [1.807, 2.05) is 41.5 Å². The highest BCUT2D eigenvalue weighted by Crippen LogP contribution is 2.46. The summed E-state index contributed by atoms with van der Waals surface area (Å²) < 4.78 is 5.39. The number of nitrogens with zero attached hydrogens (tertiary/aromatic N) is 1. The van der Waals surface area contributed by atoms with Gasteiger partial charge in [0.05, 0.1) is 0 Å². The van der Waals surface area contributed by atoms with Gasteiger partial charge in [0, 0.05) is 12.1 Å². The lowest BCUT2D eigenvalue weighted by Gasteiger charge is -2.37. The molecule has 19 heavy (non-hydrogen) atoms. The molecule has 0 saturated heterocycles. The number of carbonyl (C=O) groups excluding carboxylic acids is 1. The molecule has 1 N–H and O–H groups in total. The first-order valence-corrected chi connectivity index (χ1v) is 7.28. The normalized spacial score (nSPS) is 25.9. The zero-order chi connectivity index (χ0) is 14.8. The quantitative estimate of drug-likeness (QED) is 0.854. The molecule has 1 fully saturated rings. The first-order valence-electron chi connectivity index (χ1n) is 7.28. The van der Waals surface area contributed by atoms with Crippen LogP contribution in [0.15, 0.2) is 0 Å². The van der Waals surface area contributed by atoms with Crippen LogP contribution in [0.3, 0.4) is 0 Å². The molecular formula is C15H29NO3. The second-order valence-corrected chi connectivity index (χ2v) is 6.92. The number of ether oxygens (including phenoxy) is 1. The molecule has 1 unspecified atom stereocenters. The van der Waals surface area contributed by atoms with Crippen LogP contribution >= 0.6 is 0 Å². The summed E-state index contributed by atoms with van der Waals surface area (Å²) >= 11 is 0. The molecule has 0 radical (unpaired) electrons. The minimum atomic E-state index is -0.887. The highest BCUT2D eigenvalue weighted by Gasteiger charge is 2.48. The smallest absolute Gasteiger partial charge is 0.410 e. The highest BCUT2D eigenvalue weighted by molar-refractivity contribution is 5.68. The Kier molecular flexibility index (Phi) is 4.88. The van der Waals surface area contributed by atoms with Crippen molar-refractivity contribution in [3.8, 4) is 0 Å². The van der Waals surface area contributed by atoms with Gasteiger partial charge in [-0.25, -0.2) is 4.79 Å². The van der Waals surface area contributed by atoms with Crippen LogP contribution in [0.2, 0.25) is 0 Å². The van der Waals surface area contributed by atoms with Crippen molar-refractivity contribution in [2.24, 2.45) is 5.41 Å². The fourth-order valence-electron chi connectivity index (χ4n) is 2.93. The Labute approximate surface area is 117 Å². The maximum absolute atomic E-state index is 12.1. The highest BCUT2D eigenvalue weighted by atomic mass is 16.6. The van der Waals surface area contributed by atoms with Crippen molar-refractivity contribution in [3.05, 3.63) is 0 Å². The molecule has 4 heteroatoms. The van der Waals surface area contributed by atoms with Gasteiger partial charge in [-0.3, -0.25) is 0 Å². The van der Waals surface area contributed by atoms with Gasteiger partial charge in [0.1, 0.15) is 12.2 Å². The zero-order valence-electron chi connectivity index (χ0n) is 13.2. The van der Waals surface area contributed by atoms with Crippen molar-refractivity contribution in [1.82, 2.24) is 4.90 Å². The van der Waals surface area contributed by atoms with Crippen molar-refractivity contribution >= 4 is 6.09 Å². The number of amides is 1. The molecule has 1 aliphatic rings. The van der Waals surface area contributed by atoms with E-state index in [9.17, 15) is 9.90 Å². The lowest BCUT2D eigenvalue weighted by atomic mass is 9.78. The van der Waals surface area contributed by atoms with Gasteiger partial charge in [-0.1, -0.05) is 13.8 Å². The average Bonchev–Trinajstić information content (AvgIpc) is 2.50. The van der Waals surface area contributed by atoms with Gasteiger partial charge >= 0.3 is 6.09 Å². The van der Waals surface area contributed by atoms with Crippen molar-refractivity contribution in [3.63, 3.8) is 0 Å². The monoisotopic (exact) mass is 271 g/mol. The summed E-state index contributed by atoms with van der Waals surface area (Å²) in [5.74, 6) is 0. The van der Waals surface area contributed by atoms with E-state index in [-0.39, 0.29) is 30.2 Å². The van der Waals surface area contributed by atoms with Gasteiger partial charge in [-0.2, -0.15) is 0 Å². The number of hydrogen-bond donors (Lipinski definition) is 1. The summed E-state index contributed by atoms with van der Waals surface area (Å²) in [6, 6.07) is 0.192. The maximum Gasteiger partial charge on any atom is 0.410 e. The molecule has 1 aliphatic carbocycles. The largest absolute Gasteiger partial charge is 0.446 e. The Hall–Kier alpha value is -0.770. The fourth-order valence-corrected chi connectivity index (χ4v) is 2.93. The Morgan fingerprint density at radius 3 is 2.11 bits per heavy atom. The molecule has 0 aromatic rings. The van der Waals surface area contributed by atoms with Gasteiger partial charge in [-0.05, 0) is 52.4 Å². The summed E-state index contributed by atoms with van der Waals surface area (Å²) in [5, 5.41) is 10.6. The lowest BCUT2D eigenvalue weighted by Crippen LogP contribution is -2.48. The average molecular weight is 271 g/mol. The molecule has 112 valence electrons. The standard InChI is InChI=1S/C15H29NO3/c1-11(2)16(12(3)4)13(17)19-10-15(18)9-7-8-14(15,5)6/h11-12,18H,7-10H2,1-6H3. The number of aliphatic hydroxyl groups is 1. The predicted octanol–water partition coefficient (Wildman–Crippen LogP) is 3.18. The Bertz CT molecular complexity index is 317. The zero-order valence-corrected chi connectivity index (χ0v) is 13.2. The second-order valence-electron chi connectivity index (χ2n) is 6.92. The lowest BCUT2D eigenvalue weighted by molar-refractivity contribution is -0.0893. The second kappa shape index (κ2) is 5.70. The minimum Gasteiger partial charge on any atom is -0.446 e. The van der Waals surface area contributed by atoms with Gasteiger partial charge in [0.25, 0.3) is 0 Å². The van der Waals surface area contributed by atoms with E-state index in [1.54, 1.807) is 4.90 Å². The Morgan fingerprint density at radius 1 is 1.21 bits per heavy atom. The van der Waals surface area contributed by atoms with Crippen LogP contribution in [-0.2, 0) is 4.74 Å². The predicted molar refractivity (Wildman–Crippen MR) is 76.0 cm³/mol. The summed E-state index contributed by atoms with van der Waals surface area (Å²) in [6.45, 7) is 12.0. The van der Waals surface area contributed by atoms with Crippen LogP contribution < -0.4 is 0 Å². The SMILES string of the molecule is CC(C)N(C(=O)OCC1(O)CCCC1(C)C)C(C)C. The van der Waals surface area contributed by atoms with Crippen molar-refractivity contribution in [1.29, 1.82) is 0 Å². The Balaban J connectivity index is 2.64. The first kappa shape index (κ1) is 16.3. The van der Waals surface area contributed by atoms with Gasteiger partial charge in [0.15, 0.2) is 0 Å². The summed E-state index contributed by atoms with van der Waals surface area (Å²) in [6.07, 6.45) is 2.33. The molecule has 1 amide bonds. The van der Waals surface area contributed by atoms with E-state index >= 15 is 0 Å². The molecule has 1 rings (SSSR count). The van der Waals surface area contributed by atoms with Gasteiger partial charge in [-0.15, -0.1) is 0 Å². The van der Waals surface area contributed by atoms with E-state index in [0.717, 1.165) is 12.8 Å². The molecule has 1 saturated carbocycles. The molecule has 4 nitrogen and oxygen atoms in total. The van der Waals surface area contributed by atoms with E-state index in [2.05, 4.69) is 0 Å². The van der Waals surface area contributed by atoms with Crippen LogP contribution in [0.1, 0.15) is 60.8 Å². The van der Waals surface area contributed by atoms with Crippen LogP contribution in [0.25, 0.3) is 0 Å². The first-order chi connectivity index (χ1) is 8.61. The van der Waals surface area contributed by atoms with E-state index in [4.69, 9.17) is 4.74 Å².